The van der Waals surface area contributed by atoms with Crippen LogP contribution in [0.2, 0.25) is 0 Å². The molecule has 3 atom stereocenters. The summed E-state index contributed by atoms with van der Waals surface area (Å²) in [6.07, 6.45) is 0.865. The standard InChI is InChI=1S/C28H33F3N4O5S/c1-26(2,3)40-23(37)14-21-27(4,5)41(38)22(11-12-33-41)28(6,35-21)24-18(29)9-7-16(34-24)13-20(36)19-10-8-17(15-32-19)39-25(30)31/h7-10,15,22,25H,11-14H2,1-6H3/t22-,28-,41+/m0/s1. The lowest BCUT2D eigenvalue weighted by molar-refractivity contribution is -0.153. The maximum atomic E-state index is 15.5. The third-order valence-electron chi connectivity index (χ3n) is 7.18. The van der Waals surface area contributed by atoms with E-state index in [2.05, 4.69) is 19.1 Å². The molecule has 2 aliphatic rings. The lowest BCUT2D eigenvalue weighted by Gasteiger charge is -2.45. The van der Waals surface area contributed by atoms with E-state index < -0.39 is 55.0 Å². The summed E-state index contributed by atoms with van der Waals surface area (Å²) in [5.74, 6) is -1.94. The number of aliphatic imine (C=N–C) groups is 1. The first-order valence-corrected chi connectivity index (χ1v) is 14.7. The topological polar surface area (TPSA) is 120 Å². The van der Waals surface area contributed by atoms with Crippen LogP contribution in [-0.4, -0.2) is 60.4 Å². The number of halogens is 3. The fourth-order valence-corrected chi connectivity index (χ4v) is 8.46. The molecule has 0 spiro atoms. The fraction of sp³-hybridized carbons (Fsp3) is 0.536. The predicted octanol–water partition coefficient (Wildman–Crippen LogP) is 5.06. The highest BCUT2D eigenvalue weighted by atomic mass is 32.2. The molecule has 0 saturated carbocycles. The molecule has 222 valence electrons. The Balaban J connectivity index is 1.71. The predicted molar refractivity (Wildman–Crippen MR) is 146 cm³/mol. The number of ketones is 1. The quantitative estimate of drug-likeness (QED) is 0.309. The second-order valence-corrected chi connectivity index (χ2v) is 14.7. The number of fused-ring (bicyclic) bond motifs is 1. The summed E-state index contributed by atoms with van der Waals surface area (Å²) in [7, 11) is -3.04. The number of carbonyl (C=O) groups is 2. The molecule has 9 nitrogen and oxygen atoms in total. The van der Waals surface area contributed by atoms with Crippen LogP contribution in [0.1, 0.15) is 76.3 Å². The van der Waals surface area contributed by atoms with E-state index in [1.54, 1.807) is 41.5 Å². The van der Waals surface area contributed by atoms with Gasteiger partial charge in [0.05, 0.1) is 38.8 Å². The number of esters is 1. The minimum absolute atomic E-state index is 0.0137. The Morgan fingerprint density at radius 2 is 1.83 bits per heavy atom. The Labute approximate surface area is 237 Å². The Kier molecular flexibility index (Phi) is 8.07. The molecule has 41 heavy (non-hydrogen) atoms. The molecule has 2 aromatic rings. The van der Waals surface area contributed by atoms with Crippen LogP contribution in [0.15, 0.2) is 39.8 Å². The zero-order valence-corrected chi connectivity index (χ0v) is 24.6. The number of Topliss-reactive ketones (excluding diaryl/α,β-unsaturated/α-hetero) is 1. The molecule has 0 bridgehead atoms. The minimum atomic E-state index is -3.04. The van der Waals surface area contributed by atoms with Crippen LogP contribution in [0.3, 0.4) is 0 Å². The van der Waals surface area contributed by atoms with Crippen molar-refractivity contribution in [2.45, 2.75) is 88.6 Å². The van der Waals surface area contributed by atoms with Crippen molar-refractivity contribution in [3.63, 3.8) is 0 Å². The van der Waals surface area contributed by atoms with Crippen molar-refractivity contribution in [2.75, 3.05) is 6.54 Å². The van der Waals surface area contributed by atoms with Crippen LogP contribution in [0.25, 0.3) is 0 Å². The van der Waals surface area contributed by atoms with Gasteiger partial charge in [-0.05, 0) is 72.2 Å². The molecule has 0 aromatic carbocycles. The first kappa shape index (κ1) is 30.6. The van der Waals surface area contributed by atoms with E-state index in [4.69, 9.17) is 9.73 Å². The summed E-state index contributed by atoms with van der Waals surface area (Å²) in [5.41, 5.74) is -1.83. The summed E-state index contributed by atoms with van der Waals surface area (Å²) >= 11 is 0. The zero-order chi connectivity index (χ0) is 30.4. The van der Waals surface area contributed by atoms with Crippen LogP contribution in [0, 0.1) is 5.82 Å². The van der Waals surface area contributed by atoms with Crippen molar-refractivity contribution in [2.24, 2.45) is 9.36 Å². The lowest BCUT2D eigenvalue weighted by Crippen LogP contribution is -2.56. The van der Waals surface area contributed by atoms with Gasteiger partial charge < -0.3 is 9.47 Å². The highest BCUT2D eigenvalue weighted by Crippen LogP contribution is 2.48. The van der Waals surface area contributed by atoms with E-state index in [0.717, 1.165) is 6.20 Å². The summed E-state index contributed by atoms with van der Waals surface area (Å²) in [6.45, 7) is 7.54. The van der Waals surface area contributed by atoms with Gasteiger partial charge in [-0.1, -0.05) is 0 Å². The molecular weight excluding hydrogens is 561 g/mol. The number of rotatable bonds is 8. The Morgan fingerprint density at radius 1 is 1.12 bits per heavy atom. The van der Waals surface area contributed by atoms with Gasteiger partial charge in [-0.3, -0.25) is 19.6 Å². The van der Waals surface area contributed by atoms with Gasteiger partial charge in [-0.15, -0.1) is 0 Å². The van der Waals surface area contributed by atoms with Crippen molar-refractivity contribution >= 4 is 27.2 Å². The molecule has 0 aliphatic carbocycles. The monoisotopic (exact) mass is 594 g/mol. The molecule has 0 N–H and O–H groups in total. The average Bonchev–Trinajstić information content (AvgIpc) is 3.27. The van der Waals surface area contributed by atoms with Crippen molar-refractivity contribution in [1.82, 2.24) is 9.97 Å². The van der Waals surface area contributed by atoms with Gasteiger partial charge in [0.25, 0.3) is 0 Å². The summed E-state index contributed by atoms with van der Waals surface area (Å²) in [4.78, 5) is 38.9. The Morgan fingerprint density at radius 3 is 2.44 bits per heavy atom. The number of carbonyl (C=O) groups excluding carboxylic acids is 2. The van der Waals surface area contributed by atoms with Crippen LogP contribution >= 0.6 is 0 Å². The minimum Gasteiger partial charge on any atom is -0.460 e. The van der Waals surface area contributed by atoms with Crippen LogP contribution in [0.5, 0.6) is 5.75 Å². The number of hydrogen-bond donors (Lipinski definition) is 0. The third-order valence-corrected chi connectivity index (χ3v) is 10.9. The maximum Gasteiger partial charge on any atom is 0.387 e. The highest BCUT2D eigenvalue weighted by molar-refractivity contribution is 7.96. The third kappa shape index (κ3) is 6.00. The van der Waals surface area contributed by atoms with Gasteiger partial charge in [0, 0.05) is 18.0 Å². The molecule has 0 fully saturated rings. The van der Waals surface area contributed by atoms with E-state index >= 15 is 4.39 Å². The van der Waals surface area contributed by atoms with E-state index in [1.807, 2.05) is 0 Å². The van der Waals surface area contributed by atoms with Crippen molar-refractivity contribution in [3.8, 4) is 5.75 Å². The highest BCUT2D eigenvalue weighted by Gasteiger charge is 2.58. The molecule has 4 heterocycles. The van der Waals surface area contributed by atoms with E-state index in [-0.39, 0.29) is 47.9 Å². The van der Waals surface area contributed by atoms with Crippen LogP contribution in [-0.2, 0) is 31.2 Å². The lowest BCUT2D eigenvalue weighted by atomic mass is 9.88. The summed E-state index contributed by atoms with van der Waals surface area (Å²) < 4.78 is 67.9. The molecule has 0 amide bonds. The van der Waals surface area contributed by atoms with E-state index in [9.17, 15) is 22.6 Å². The van der Waals surface area contributed by atoms with Crippen LogP contribution < -0.4 is 4.74 Å². The smallest absolute Gasteiger partial charge is 0.387 e. The van der Waals surface area contributed by atoms with Gasteiger partial charge in [0.2, 0.25) is 0 Å². The fourth-order valence-electron chi connectivity index (χ4n) is 5.20. The number of aromatic nitrogens is 2. The molecule has 0 unspecified atom stereocenters. The zero-order valence-electron chi connectivity index (χ0n) is 23.7. The van der Waals surface area contributed by atoms with Gasteiger partial charge in [-0.2, -0.15) is 8.78 Å². The van der Waals surface area contributed by atoms with Crippen molar-refractivity contribution < 1.29 is 36.4 Å². The van der Waals surface area contributed by atoms with Crippen LogP contribution in [0.4, 0.5) is 13.2 Å². The normalized spacial score (nSPS) is 25.2. The molecule has 2 aromatic heterocycles. The molecule has 0 radical (unpaired) electrons. The second kappa shape index (κ2) is 10.8. The average molecular weight is 595 g/mol. The number of hydrogen-bond acceptors (Lipinski definition) is 9. The van der Waals surface area contributed by atoms with E-state index in [0.29, 0.717) is 6.42 Å². The Bertz CT molecular complexity index is 1510. The molecule has 4 rings (SSSR count). The van der Waals surface area contributed by atoms with Gasteiger partial charge in [-0.25, -0.2) is 17.9 Å². The van der Waals surface area contributed by atoms with E-state index in [1.165, 1.54) is 24.3 Å². The maximum absolute atomic E-state index is 15.5. The first-order valence-electron chi connectivity index (χ1n) is 13.1. The SMILES string of the molecule is CC(C)(C)OC(=O)CC1=N[C@](C)(c2nc(CC(=O)c3ccc(OC(F)F)cn3)ccc2F)[C@@H]2CCN=[S@]2(=O)C1(C)C. The molecule has 2 aliphatic heterocycles. The first-order chi connectivity index (χ1) is 19.0. The van der Waals surface area contributed by atoms with Gasteiger partial charge in [0.15, 0.2) is 5.78 Å². The second-order valence-electron chi connectivity index (χ2n) is 11.7. The van der Waals surface area contributed by atoms with Crippen molar-refractivity contribution in [3.05, 3.63) is 53.4 Å². The largest absolute Gasteiger partial charge is 0.460 e. The number of pyridine rings is 2. The van der Waals surface area contributed by atoms with Gasteiger partial charge >= 0.3 is 12.6 Å². The summed E-state index contributed by atoms with van der Waals surface area (Å²) in [6, 6.07) is 4.96. The molecular formula is C28H33F3N4O5S. The van der Waals surface area contributed by atoms with Gasteiger partial charge in [0.1, 0.15) is 34.1 Å². The number of nitrogens with zero attached hydrogens (tertiary/aromatic N) is 4. The molecule has 0 saturated heterocycles. The summed E-state index contributed by atoms with van der Waals surface area (Å²) in [5, 5.41) is -0.690. The van der Waals surface area contributed by atoms with Crippen molar-refractivity contribution in [1.29, 1.82) is 0 Å². The molecule has 13 heteroatoms. The number of alkyl halides is 2. The Hall–Kier alpha value is -3.35. The number of ether oxygens (including phenoxy) is 2.